The summed E-state index contributed by atoms with van der Waals surface area (Å²) in [5.74, 6) is -0.672. The van der Waals surface area contributed by atoms with Gasteiger partial charge in [0.25, 0.3) is 5.91 Å². The normalized spacial score (nSPS) is 20.3. The highest BCUT2D eigenvalue weighted by Crippen LogP contribution is 2.32. The van der Waals surface area contributed by atoms with Crippen LogP contribution in [-0.2, 0) is 14.3 Å². The molecule has 2 aliphatic heterocycles. The standard InChI is InChI=1S/C16H18FN3O4/c1-23-12(24-2)8-20-7-11-13(15(20)21)14(19-16(22)18-11)9-4-3-5-10(17)6-9/h3-6,12,14H,7-8H2,1-2H3,(H2,18,19,22)/t14-/m1/s1. The summed E-state index contributed by atoms with van der Waals surface area (Å²) in [5.41, 5.74) is 1.44. The molecular weight excluding hydrogens is 317 g/mol. The second-order valence-corrected chi connectivity index (χ2v) is 5.57. The molecule has 8 heteroatoms. The molecule has 128 valence electrons. The van der Waals surface area contributed by atoms with E-state index < -0.39 is 24.2 Å². The first kappa shape index (κ1) is 16.4. The van der Waals surface area contributed by atoms with E-state index in [2.05, 4.69) is 10.6 Å². The van der Waals surface area contributed by atoms with Gasteiger partial charge in [-0.1, -0.05) is 12.1 Å². The van der Waals surface area contributed by atoms with Crippen molar-refractivity contribution in [3.8, 4) is 0 Å². The summed E-state index contributed by atoms with van der Waals surface area (Å²) in [6, 6.07) is 4.73. The van der Waals surface area contributed by atoms with E-state index in [0.29, 0.717) is 16.8 Å². The van der Waals surface area contributed by atoms with Gasteiger partial charge in [-0.2, -0.15) is 0 Å². The molecule has 1 aromatic rings. The maximum absolute atomic E-state index is 13.5. The summed E-state index contributed by atoms with van der Waals surface area (Å²) in [4.78, 5) is 26.2. The van der Waals surface area contributed by atoms with Gasteiger partial charge >= 0.3 is 6.03 Å². The van der Waals surface area contributed by atoms with Crippen LogP contribution in [0.15, 0.2) is 35.5 Å². The molecule has 2 aliphatic rings. The van der Waals surface area contributed by atoms with E-state index in [1.54, 1.807) is 12.1 Å². The highest BCUT2D eigenvalue weighted by Gasteiger charge is 2.41. The Bertz CT molecular complexity index is 702. The van der Waals surface area contributed by atoms with Crippen molar-refractivity contribution in [3.05, 3.63) is 46.9 Å². The van der Waals surface area contributed by atoms with Gasteiger partial charge in [-0.3, -0.25) is 4.79 Å². The number of methoxy groups -OCH3 is 2. The molecule has 0 aliphatic carbocycles. The monoisotopic (exact) mass is 335 g/mol. The van der Waals surface area contributed by atoms with Gasteiger partial charge in [0.05, 0.1) is 30.4 Å². The lowest BCUT2D eigenvalue weighted by Gasteiger charge is -2.25. The van der Waals surface area contributed by atoms with Crippen LogP contribution in [0, 0.1) is 5.82 Å². The summed E-state index contributed by atoms with van der Waals surface area (Å²) < 4.78 is 23.8. The average Bonchev–Trinajstić information content (AvgIpc) is 2.87. The van der Waals surface area contributed by atoms with Crippen molar-refractivity contribution in [3.63, 3.8) is 0 Å². The lowest BCUT2D eigenvalue weighted by atomic mass is 9.96. The van der Waals surface area contributed by atoms with Gasteiger partial charge in [-0.25, -0.2) is 9.18 Å². The number of rotatable bonds is 5. The first-order valence-electron chi connectivity index (χ1n) is 7.44. The number of urea groups is 1. The molecule has 24 heavy (non-hydrogen) atoms. The molecule has 3 rings (SSSR count). The third kappa shape index (κ3) is 2.98. The van der Waals surface area contributed by atoms with E-state index in [0.717, 1.165) is 0 Å². The molecule has 1 aromatic carbocycles. The molecule has 0 unspecified atom stereocenters. The summed E-state index contributed by atoms with van der Waals surface area (Å²) in [6.45, 7) is 0.473. The van der Waals surface area contributed by atoms with Crippen LogP contribution in [0.4, 0.5) is 9.18 Å². The molecule has 1 atom stereocenters. The Morgan fingerprint density at radius 2 is 2.08 bits per heavy atom. The number of amides is 3. The Labute approximate surface area is 138 Å². The summed E-state index contributed by atoms with van der Waals surface area (Å²) in [7, 11) is 2.97. The van der Waals surface area contributed by atoms with Crippen molar-refractivity contribution in [2.45, 2.75) is 12.3 Å². The second-order valence-electron chi connectivity index (χ2n) is 5.57. The summed E-state index contributed by atoms with van der Waals surface area (Å²) >= 11 is 0. The molecule has 2 heterocycles. The van der Waals surface area contributed by atoms with Crippen molar-refractivity contribution < 1.29 is 23.5 Å². The zero-order valence-corrected chi connectivity index (χ0v) is 13.3. The van der Waals surface area contributed by atoms with Crippen LogP contribution in [0.5, 0.6) is 0 Å². The summed E-state index contributed by atoms with van der Waals surface area (Å²) in [6.07, 6.45) is -0.563. The van der Waals surface area contributed by atoms with Gasteiger partial charge in [0, 0.05) is 14.2 Å². The molecule has 0 saturated heterocycles. The van der Waals surface area contributed by atoms with E-state index in [-0.39, 0.29) is 19.0 Å². The fraction of sp³-hybridized carbons (Fsp3) is 0.375. The Kier molecular flexibility index (Phi) is 4.50. The van der Waals surface area contributed by atoms with Gasteiger partial charge < -0.3 is 25.0 Å². The number of carbonyl (C=O) groups excluding carboxylic acids is 2. The Morgan fingerprint density at radius 1 is 1.33 bits per heavy atom. The maximum Gasteiger partial charge on any atom is 0.319 e. The van der Waals surface area contributed by atoms with Gasteiger partial charge in [0.2, 0.25) is 0 Å². The first-order valence-corrected chi connectivity index (χ1v) is 7.44. The molecule has 0 radical (unpaired) electrons. The molecule has 0 saturated carbocycles. The summed E-state index contributed by atoms with van der Waals surface area (Å²) in [5, 5.41) is 5.33. The molecule has 2 N–H and O–H groups in total. The molecule has 0 bridgehead atoms. The number of nitrogens with one attached hydrogen (secondary N) is 2. The Balaban J connectivity index is 1.89. The van der Waals surface area contributed by atoms with Crippen LogP contribution in [-0.4, -0.2) is 50.4 Å². The smallest absolute Gasteiger partial charge is 0.319 e. The first-order chi connectivity index (χ1) is 11.5. The second kappa shape index (κ2) is 6.58. The van der Waals surface area contributed by atoms with Crippen LogP contribution < -0.4 is 10.6 Å². The highest BCUT2D eigenvalue weighted by atomic mass is 19.1. The third-order valence-electron chi connectivity index (χ3n) is 4.10. The van der Waals surface area contributed by atoms with Crippen LogP contribution in [0.3, 0.4) is 0 Å². The van der Waals surface area contributed by atoms with Crippen molar-refractivity contribution in [1.82, 2.24) is 15.5 Å². The number of carbonyl (C=O) groups is 2. The Morgan fingerprint density at radius 3 is 2.75 bits per heavy atom. The maximum atomic E-state index is 13.5. The van der Waals surface area contributed by atoms with E-state index in [4.69, 9.17) is 9.47 Å². The van der Waals surface area contributed by atoms with Gasteiger partial charge in [-0.15, -0.1) is 0 Å². The number of ether oxygens (including phenoxy) is 2. The molecule has 0 aromatic heterocycles. The predicted molar refractivity (Wildman–Crippen MR) is 82.2 cm³/mol. The fourth-order valence-corrected chi connectivity index (χ4v) is 2.94. The van der Waals surface area contributed by atoms with Crippen LogP contribution >= 0.6 is 0 Å². The number of hydrogen-bond acceptors (Lipinski definition) is 4. The average molecular weight is 335 g/mol. The van der Waals surface area contributed by atoms with E-state index >= 15 is 0 Å². The Hall–Kier alpha value is -2.45. The largest absolute Gasteiger partial charge is 0.354 e. The minimum Gasteiger partial charge on any atom is -0.354 e. The van der Waals surface area contributed by atoms with E-state index in [9.17, 15) is 14.0 Å². The number of nitrogens with zero attached hydrogens (tertiary/aromatic N) is 1. The van der Waals surface area contributed by atoms with E-state index in [1.807, 2.05) is 0 Å². The lowest BCUT2D eigenvalue weighted by molar-refractivity contribution is -0.140. The van der Waals surface area contributed by atoms with Gasteiger partial charge in [0.1, 0.15) is 5.82 Å². The minimum absolute atomic E-state index is 0.227. The fourth-order valence-electron chi connectivity index (χ4n) is 2.94. The van der Waals surface area contributed by atoms with Crippen LogP contribution in [0.25, 0.3) is 0 Å². The highest BCUT2D eigenvalue weighted by molar-refractivity contribution is 6.01. The minimum atomic E-state index is -0.689. The molecule has 3 amide bonds. The molecule has 0 fully saturated rings. The van der Waals surface area contributed by atoms with Gasteiger partial charge in [-0.05, 0) is 17.7 Å². The van der Waals surface area contributed by atoms with Crippen molar-refractivity contribution in [1.29, 1.82) is 0 Å². The predicted octanol–water partition coefficient (Wildman–Crippen LogP) is 0.895. The number of halogens is 1. The number of hydrogen-bond donors (Lipinski definition) is 2. The van der Waals surface area contributed by atoms with Crippen molar-refractivity contribution in [2.75, 3.05) is 27.3 Å². The topological polar surface area (TPSA) is 79.9 Å². The van der Waals surface area contributed by atoms with Crippen LogP contribution in [0.2, 0.25) is 0 Å². The zero-order valence-electron chi connectivity index (χ0n) is 13.3. The van der Waals surface area contributed by atoms with Crippen molar-refractivity contribution >= 4 is 11.9 Å². The van der Waals surface area contributed by atoms with Gasteiger partial charge in [0.15, 0.2) is 6.29 Å². The molecule has 0 spiro atoms. The van der Waals surface area contributed by atoms with E-state index in [1.165, 1.54) is 31.3 Å². The third-order valence-corrected chi connectivity index (χ3v) is 4.10. The van der Waals surface area contributed by atoms with Crippen LogP contribution in [0.1, 0.15) is 11.6 Å². The van der Waals surface area contributed by atoms with Crippen molar-refractivity contribution in [2.24, 2.45) is 0 Å². The quantitative estimate of drug-likeness (QED) is 0.784. The SMILES string of the molecule is COC(CN1CC2=C(C1=O)[C@@H](c1cccc(F)c1)NC(=O)N2)OC. The number of benzene rings is 1. The molecular formula is C16H18FN3O4. The zero-order chi connectivity index (χ0) is 17.3. The lowest BCUT2D eigenvalue weighted by Crippen LogP contribution is -2.44. The molecule has 7 nitrogen and oxygen atoms in total.